The van der Waals surface area contributed by atoms with Gasteiger partial charge in [-0.3, -0.25) is 0 Å². The number of hydrogen-bond acceptors (Lipinski definition) is 2. The Morgan fingerprint density at radius 2 is 0.836 bits per heavy atom. The van der Waals surface area contributed by atoms with E-state index in [0.717, 1.165) is 0 Å². The Kier molecular flexibility index (Phi) is 7.14. The van der Waals surface area contributed by atoms with Gasteiger partial charge in [-0.2, -0.15) is 0 Å². The van der Waals surface area contributed by atoms with Gasteiger partial charge < -0.3 is 4.90 Å². The molecule has 8 aromatic carbocycles. The van der Waals surface area contributed by atoms with Gasteiger partial charge in [0.05, 0.1) is 16.8 Å². The molecule has 0 unspecified atom stereocenters. The molecule has 11 rings (SSSR count). The Hall–Kier alpha value is -5.87. The average molecular weight is 738 g/mol. The summed E-state index contributed by atoms with van der Waals surface area (Å²) in [5.74, 6) is 0. The largest absolute Gasteiger partial charge is 0.310 e. The van der Waals surface area contributed by atoms with Crippen molar-refractivity contribution in [1.29, 1.82) is 0 Å². The highest BCUT2D eigenvalue weighted by Gasteiger charge is 2.57. The van der Waals surface area contributed by atoms with Crippen molar-refractivity contribution in [3.8, 4) is 0 Å². The predicted molar refractivity (Wildman–Crippen MR) is 233 cm³/mol. The summed E-state index contributed by atoms with van der Waals surface area (Å²) in [6.45, 7) is 4.73. The summed E-state index contributed by atoms with van der Waals surface area (Å²) in [5.41, 5.74) is 11.2. The highest BCUT2D eigenvalue weighted by molar-refractivity contribution is 7.99. The Morgan fingerprint density at radius 1 is 0.400 bits per heavy atom. The molecule has 3 heterocycles. The van der Waals surface area contributed by atoms with Crippen LogP contribution >= 0.6 is 11.8 Å². The van der Waals surface area contributed by atoms with Crippen LogP contribution < -0.4 is 25.6 Å². The number of rotatable bonds is 3. The van der Waals surface area contributed by atoms with Crippen LogP contribution in [0, 0.1) is 0 Å². The van der Waals surface area contributed by atoms with Crippen LogP contribution in [0.15, 0.2) is 210 Å². The van der Waals surface area contributed by atoms with Gasteiger partial charge in [-0.05, 0) is 90.5 Å². The van der Waals surface area contributed by atoms with E-state index in [0.29, 0.717) is 0 Å². The number of fused-ring (bicyclic) bond motifs is 10. The fraction of sp³-hybridized carbons (Fsp3) is 0.0769. The molecule has 3 heteroatoms. The molecular formula is C52H39NSSi. The minimum Gasteiger partial charge on any atom is -0.310 e. The second-order valence-corrected chi connectivity index (χ2v) is 20.4. The molecule has 0 radical (unpaired) electrons. The molecule has 3 aliphatic heterocycles. The van der Waals surface area contributed by atoms with Gasteiger partial charge >= 0.3 is 0 Å². The average Bonchev–Trinajstić information content (AvgIpc) is 3.25. The summed E-state index contributed by atoms with van der Waals surface area (Å²) >= 11 is 1.91. The zero-order valence-corrected chi connectivity index (χ0v) is 32.7. The molecule has 55 heavy (non-hydrogen) atoms. The lowest BCUT2D eigenvalue weighted by Crippen LogP contribution is -2.79. The first-order valence-electron chi connectivity index (χ1n) is 19.3. The summed E-state index contributed by atoms with van der Waals surface area (Å²) in [6.07, 6.45) is 0. The number of anilines is 3. The van der Waals surface area contributed by atoms with Gasteiger partial charge in [0.15, 0.2) is 8.07 Å². The van der Waals surface area contributed by atoms with Crippen molar-refractivity contribution in [2.45, 2.75) is 34.5 Å². The maximum Gasteiger partial charge on any atom is 0.180 e. The molecular weight excluding hydrogens is 699 g/mol. The van der Waals surface area contributed by atoms with E-state index in [1.165, 1.54) is 81.0 Å². The van der Waals surface area contributed by atoms with E-state index in [-0.39, 0.29) is 5.41 Å². The second kappa shape index (κ2) is 12.1. The summed E-state index contributed by atoms with van der Waals surface area (Å²) < 4.78 is 0. The van der Waals surface area contributed by atoms with Crippen LogP contribution in [-0.4, -0.2) is 8.07 Å². The van der Waals surface area contributed by atoms with E-state index < -0.39 is 13.5 Å². The number of hydrogen-bond donors (Lipinski definition) is 0. The highest BCUT2D eigenvalue weighted by Crippen LogP contribution is 2.59. The molecule has 0 atom stereocenters. The Morgan fingerprint density at radius 3 is 1.40 bits per heavy atom. The van der Waals surface area contributed by atoms with Crippen LogP contribution in [0.5, 0.6) is 0 Å². The zero-order chi connectivity index (χ0) is 36.8. The predicted octanol–water partition coefficient (Wildman–Crippen LogP) is 10.3. The Balaban J connectivity index is 1.27. The standard InChI is InChI=1S/C52H39NSSi/c1-51(2)39-23-9-14-28-45(39)53(46-29-15-10-24-40(46)51)36-33-34-48-44(35-36)52(41-25-11-16-30-47(41)54-48)42-26-12-17-31-49(42)55(37-19-5-3-6-20-37,38-21-7-4-8-22-38)50-32-18-13-27-43(50)52/h3-35H,1-2H3. The number of para-hydroxylation sites is 2. The number of nitrogens with zero attached hydrogens (tertiary/aromatic N) is 1. The minimum atomic E-state index is -2.80. The first-order chi connectivity index (χ1) is 27.1. The van der Waals surface area contributed by atoms with E-state index in [1.807, 2.05) is 11.8 Å². The maximum absolute atomic E-state index is 2.80. The minimum absolute atomic E-state index is 0.127. The quantitative estimate of drug-likeness (QED) is 0.166. The molecule has 262 valence electrons. The third kappa shape index (κ3) is 4.31. The maximum atomic E-state index is 2.54. The second-order valence-electron chi connectivity index (χ2n) is 15.6. The topological polar surface area (TPSA) is 3.24 Å². The van der Waals surface area contributed by atoms with Gasteiger partial charge in [0.1, 0.15) is 0 Å². The molecule has 0 saturated carbocycles. The van der Waals surface area contributed by atoms with Crippen molar-refractivity contribution in [1.82, 2.24) is 0 Å². The smallest absolute Gasteiger partial charge is 0.180 e. The van der Waals surface area contributed by atoms with Crippen LogP contribution in [0.4, 0.5) is 17.1 Å². The first kappa shape index (κ1) is 32.5. The van der Waals surface area contributed by atoms with Crippen LogP contribution in [-0.2, 0) is 10.8 Å². The van der Waals surface area contributed by atoms with Crippen molar-refractivity contribution in [3.05, 3.63) is 234 Å². The molecule has 1 spiro atoms. The molecule has 0 aromatic heterocycles. The van der Waals surface area contributed by atoms with E-state index >= 15 is 0 Å². The van der Waals surface area contributed by atoms with Gasteiger partial charge in [0.25, 0.3) is 0 Å². The van der Waals surface area contributed by atoms with Gasteiger partial charge in [0, 0.05) is 20.9 Å². The molecule has 0 fully saturated rings. The molecule has 0 aliphatic carbocycles. The van der Waals surface area contributed by atoms with Gasteiger partial charge in [-0.1, -0.05) is 189 Å². The number of benzene rings is 8. The Bertz CT molecular complexity index is 2650. The van der Waals surface area contributed by atoms with Gasteiger partial charge in [0.2, 0.25) is 0 Å². The van der Waals surface area contributed by atoms with Crippen molar-refractivity contribution >= 4 is 57.6 Å². The van der Waals surface area contributed by atoms with Crippen molar-refractivity contribution in [2.75, 3.05) is 4.90 Å². The van der Waals surface area contributed by atoms with Gasteiger partial charge in [-0.25, -0.2) is 0 Å². The Labute approximate surface area is 329 Å². The van der Waals surface area contributed by atoms with Crippen LogP contribution in [0.25, 0.3) is 0 Å². The lowest BCUT2D eigenvalue weighted by Gasteiger charge is -2.52. The first-order valence-corrected chi connectivity index (χ1v) is 22.1. The monoisotopic (exact) mass is 737 g/mol. The third-order valence-corrected chi connectivity index (χ3v) is 18.7. The summed E-state index contributed by atoms with van der Waals surface area (Å²) in [5, 5.41) is 5.74. The lowest BCUT2D eigenvalue weighted by atomic mass is 9.64. The molecule has 0 N–H and O–H groups in total. The third-order valence-electron chi connectivity index (χ3n) is 12.7. The van der Waals surface area contributed by atoms with Crippen LogP contribution in [0.2, 0.25) is 0 Å². The zero-order valence-electron chi connectivity index (χ0n) is 30.9. The molecule has 1 nitrogen and oxygen atoms in total. The fourth-order valence-electron chi connectivity index (χ4n) is 10.4. The molecule has 3 aliphatic rings. The van der Waals surface area contributed by atoms with E-state index in [2.05, 4.69) is 219 Å². The van der Waals surface area contributed by atoms with Gasteiger partial charge in [-0.15, -0.1) is 0 Å². The SMILES string of the molecule is CC1(C)c2ccccc2N(c2ccc3c(c2)C2(c4ccccc4S3)c3ccccc3[Si](c3ccccc3)(c3ccccc3)c3ccccc32)c2ccccc21. The fourth-order valence-corrected chi connectivity index (χ4v) is 16.9. The van der Waals surface area contributed by atoms with Crippen molar-refractivity contribution in [3.63, 3.8) is 0 Å². The summed E-state index contributed by atoms with van der Waals surface area (Å²) in [4.78, 5) is 5.14. The van der Waals surface area contributed by atoms with E-state index in [1.54, 1.807) is 0 Å². The molecule has 0 bridgehead atoms. The summed E-state index contributed by atoms with van der Waals surface area (Å²) in [6, 6.07) is 76.2. The lowest BCUT2D eigenvalue weighted by molar-refractivity contribution is 0.631. The highest BCUT2D eigenvalue weighted by atomic mass is 32.2. The molecule has 8 aromatic rings. The normalized spacial score (nSPS) is 16.1. The molecule has 0 amide bonds. The van der Waals surface area contributed by atoms with E-state index in [4.69, 9.17) is 0 Å². The van der Waals surface area contributed by atoms with Crippen molar-refractivity contribution in [2.24, 2.45) is 0 Å². The summed E-state index contributed by atoms with van der Waals surface area (Å²) in [7, 11) is -2.80. The molecule has 0 saturated heterocycles. The van der Waals surface area contributed by atoms with Crippen LogP contribution in [0.1, 0.15) is 47.2 Å². The van der Waals surface area contributed by atoms with Crippen LogP contribution in [0.3, 0.4) is 0 Å². The van der Waals surface area contributed by atoms with Crippen molar-refractivity contribution < 1.29 is 0 Å². The van der Waals surface area contributed by atoms with E-state index in [9.17, 15) is 0 Å².